The molecule has 0 heterocycles. The van der Waals surface area contributed by atoms with E-state index in [4.69, 9.17) is 15.2 Å². The highest BCUT2D eigenvalue weighted by Crippen LogP contribution is 2.34. The molecule has 0 spiro atoms. The van der Waals surface area contributed by atoms with Gasteiger partial charge in [0.2, 0.25) is 0 Å². The summed E-state index contributed by atoms with van der Waals surface area (Å²) in [5, 5.41) is 0. The molecule has 0 amide bonds. The predicted octanol–water partition coefficient (Wildman–Crippen LogP) is 3.26. The molecule has 0 aliphatic carbocycles. The van der Waals surface area contributed by atoms with E-state index in [1.807, 2.05) is 43.3 Å². The molecule has 0 bridgehead atoms. The van der Waals surface area contributed by atoms with Crippen LogP contribution in [0.5, 0.6) is 11.5 Å². The maximum Gasteiger partial charge on any atom is 0.126 e. The van der Waals surface area contributed by atoms with Crippen LogP contribution < -0.4 is 15.2 Å². The minimum absolute atomic E-state index is 0.775. The summed E-state index contributed by atoms with van der Waals surface area (Å²) in [6, 6.07) is 11.7. The molecule has 3 nitrogen and oxygen atoms in total. The Labute approximate surface area is 107 Å². The zero-order valence-corrected chi connectivity index (χ0v) is 10.9. The average molecular weight is 243 g/mol. The van der Waals surface area contributed by atoms with Crippen LogP contribution in [0.4, 0.5) is 5.69 Å². The van der Waals surface area contributed by atoms with Crippen molar-refractivity contribution in [2.75, 3.05) is 20.0 Å². The van der Waals surface area contributed by atoms with Gasteiger partial charge in [-0.05, 0) is 42.3 Å². The lowest BCUT2D eigenvalue weighted by Crippen LogP contribution is -1.93. The Morgan fingerprint density at radius 1 is 0.944 bits per heavy atom. The number of nitrogen functional groups attached to an aromatic ring is 1. The number of benzene rings is 2. The molecule has 0 saturated heterocycles. The summed E-state index contributed by atoms with van der Waals surface area (Å²) in [6.07, 6.45) is 0. The van der Waals surface area contributed by atoms with Crippen molar-refractivity contribution in [3.05, 3.63) is 42.0 Å². The van der Waals surface area contributed by atoms with Gasteiger partial charge >= 0.3 is 0 Å². The van der Waals surface area contributed by atoms with Crippen molar-refractivity contribution >= 4 is 5.69 Å². The number of anilines is 1. The molecule has 18 heavy (non-hydrogen) atoms. The van der Waals surface area contributed by atoms with Crippen LogP contribution in [-0.4, -0.2) is 14.2 Å². The first-order valence-corrected chi connectivity index (χ1v) is 5.74. The van der Waals surface area contributed by atoms with Gasteiger partial charge in [0.05, 0.1) is 14.2 Å². The minimum atomic E-state index is 0.775. The summed E-state index contributed by atoms with van der Waals surface area (Å²) < 4.78 is 10.6. The molecule has 0 saturated carbocycles. The Morgan fingerprint density at radius 2 is 1.72 bits per heavy atom. The van der Waals surface area contributed by atoms with Gasteiger partial charge in [0.25, 0.3) is 0 Å². The Morgan fingerprint density at radius 3 is 2.33 bits per heavy atom. The highest BCUT2D eigenvalue weighted by atomic mass is 16.5. The van der Waals surface area contributed by atoms with Crippen molar-refractivity contribution in [2.24, 2.45) is 0 Å². The van der Waals surface area contributed by atoms with Crippen molar-refractivity contribution in [3.63, 3.8) is 0 Å². The molecule has 0 aliphatic heterocycles. The summed E-state index contributed by atoms with van der Waals surface area (Å²) in [6.45, 7) is 1.99. The van der Waals surface area contributed by atoms with Crippen molar-refractivity contribution in [2.45, 2.75) is 6.92 Å². The zero-order chi connectivity index (χ0) is 13.1. The normalized spacial score (nSPS) is 10.2. The Bertz CT molecular complexity index is 564. The van der Waals surface area contributed by atoms with E-state index in [0.717, 1.165) is 33.9 Å². The first kappa shape index (κ1) is 12.3. The summed E-state index contributed by atoms with van der Waals surface area (Å²) >= 11 is 0. The van der Waals surface area contributed by atoms with E-state index >= 15 is 0 Å². The van der Waals surface area contributed by atoms with Crippen LogP contribution in [0.3, 0.4) is 0 Å². The Hall–Kier alpha value is -2.16. The fraction of sp³-hybridized carbons (Fsp3) is 0.200. The van der Waals surface area contributed by atoms with Crippen molar-refractivity contribution in [3.8, 4) is 22.6 Å². The molecular formula is C15H17NO2. The number of hydrogen-bond donors (Lipinski definition) is 1. The highest BCUT2D eigenvalue weighted by Gasteiger charge is 2.08. The number of methoxy groups -OCH3 is 2. The molecule has 3 heteroatoms. The second-order valence-corrected chi connectivity index (χ2v) is 4.14. The van der Waals surface area contributed by atoms with Crippen LogP contribution in [0.25, 0.3) is 11.1 Å². The van der Waals surface area contributed by atoms with Crippen LogP contribution in [-0.2, 0) is 0 Å². The largest absolute Gasteiger partial charge is 0.497 e. The number of rotatable bonds is 3. The van der Waals surface area contributed by atoms with Crippen molar-refractivity contribution in [1.29, 1.82) is 0 Å². The van der Waals surface area contributed by atoms with Gasteiger partial charge in [-0.25, -0.2) is 0 Å². The van der Waals surface area contributed by atoms with Gasteiger partial charge < -0.3 is 15.2 Å². The van der Waals surface area contributed by atoms with Crippen LogP contribution in [0.2, 0.25) is 0 Å². The lowest BCUT2D eigenvalue weighted by Gasteiger charge is -2.12. The fourth-order valence-corrected chi connectivity index (χ4v) is 1.85. The molecule has 0 atom stereocenters. The topological polar surface area (TPSA) is 44.5 Å². The second kappa shape index (κ2) is 5.00. The van der Waals surface area contributed by atoms with Gasteiger partial charge in [-0.3, -0.25) is 0 Å². The van der Waals surface area contributed by atoms with Gasteiger partial charge in [0.1, 0.15) is 11.5 Å². The number of nitrogens with two attached hydrogens (primary N) is 1. The molecule has 94 valence electrons. The summed E-state index contributed by atoms with van der Waals surface area (Å²) in [4.78, 5) is 0. The summed E-state index contributed by atoms with van der Waals surface area (Å²) in [5.74, 6) is 1.60. The monoisotopic (exact) mass is 243 g/mol. The maximum absolute atomic E-state index is 5.95. The highest BCUT2D eigenvalue weighted by molar-refractivity contribution is 5.75. The molecule has 0 radical (unpaired) electrons. The van der Waals surface area contributed by atoms with Crippen LogP contribution in [0.15, 0.2) is 36.4 Å². The third-order valence-corrected chi connectivity index (χ3v) is 3.00. The summed E-state index contributed by atoms with van der Waals surface area (Å²) in [5.41, 5.74) is 9.79. The lowest BCUT2D eigenvalue weighted by atomic mass is 10.0. The third-order valence-electron chi connectivity index (χ3n) is 3.00. The molecule has 2 rings (SSSR count). The SMILES string of the molecule is COc1ccc(OC)c(-c2ccc(C)c(N)c2)c1. The number of aryl methyl sites for hydroxylation is 1. The minimum Gasteiger partial charge on any atom is -0.497 e. The first-order valence-electron chi connectivity index (χ1n) is 5.74. The molecule has 2 aromatic carbocycles. The third kappa shape index (κ3) is 2.25. The summed E-state index contributed by atoms with van der Waals surface area (Å²) in [7, 11) is 3.30. The van der Waals surface area contributed by atoms with Gasteiger partial charge in [0, 0.05) is 11.3 Å². The second-order valence-electron chi connectivity index (χ2n) is 4.14. The molecule has 0 aliphatic rings. The predicted molar refractivity (Wildman–Crippen MR) is 74.1 cm³/mol. The number of ether oxygens (including phenoxy) is 2. The molecule has 2 N–H and O–H groups in total. The van der Waals surface area contributed by atoms with Crippen molar-refractivity contribution in [1.82, 2.24) is 0 Å². The van der Waals surface area contributed by atoms with E-state index < -0.39 is 0 Å². The van der Waals surface area contributed by atoms with Crippen LogP contribution in [0.1, 0.15) is 5.56 Å². The lowest BCUT2D eigenvalue weighted by molar-refractivity contribution is 0.404. The first-order chi connectivity index (χ1) is 8.65. The van der Waals surface area contributed by atoms with E-state index in [2.05, 4.69) is 0 Å². The fourth-order valence-electron chi connectivity index (χ4n) is 1.85. The van der Waals surface area contributed by atoms with Gasteiger partial charge in [-0.2, -0.15) is 0 Å². The maximum atomic E-state index is 5.95. The Balaban J connectivity index is 2.57. The number of hydrogen-bond acceptors (Lipinski definition) is 3. The van der Waals surface area contributed by atoms with E-state index in [9.17, 15) is 0 Å². The van der Waals surface area contributed by atoms with Gasteiger partial charge in [-0.15, -0.1) is 0 Å². The quantitative estimate of drug-likeness (QED) is 0.841. The molecular weight excluding hydrogens is 226 g/mol. The van der Waals surface area contributed by atoms with E-state index in [0.29, 0.717) is 0 Å². The van der Waals surface area contributed by atoms with Gasteiger partial charge in [-0.1, -0.05) is 12.1 Å². The van der Waals surface area contributed by atoms with Gasteiger partial charge in [0.15, 0.2) is 0 Å². The van der Waals surface area contributed by atoms with Crippen LogP contribution in [0, 0.1) is 6.92 Å². The zero-order valence-electron chi connectivity index (χ0n) is 10.9. The molecule has 0 fully saturated rings. The Kier molecular flexibility index (Phi) is 3.42. The van der Waals surface area contributed by atoms with E-state index in [1.54, 1.807) is 14.2 Å². The molecule has 2 aromatic rings. The van der Waals surface area contributed by atoms with Crippen molar-refractivity contribution < 1.29 is 9.47 Å². The van der Waals surface area contributed by atoms with Crippen LogP contribution >= 0.6 is 0 Å². The smallest absolute Gasteiger partial charge is 0.126 e. The van der Waals surface area contributed by atoms with E-state index in [1.165, 1.54) is 0 Å². The standard InChI is InChI=1S/C15H17NO2/c1-10-4-5-11(8-14(10)16)13-9-12(17-2)6-7-15(13)18-3/h4-9H,16H2,1-3H3. The molecule has 0 aromatic heterocycles. The van der Waals surface area contributed by atoms with E-state index in [-0.39, 0.29) is 0 Å². The molecule has 0 unspecified atom stereocenters. The average Bonchev–Trinajstić information content (AvgIpc) is 2.41.